The van der Waals surface area contributed by atoms with Gasteiger partial charge in [0.1, 0.15) is 11.3 Å². The Hall–Kier alpha value is -2.88. The summed E-state index contributed by atoms with van der Waals surface area (Å²) in [6.45, 7) is 3.94. The summed E-state index contributed by atoms with van der Waals surface area (Å²) in [5.41, 5.74) is 3.76. The Bertz CT molecular complexity index is 854. The number of rotatable bonds is 4. The zero-order chi connectivity index (χ0) is 16.2. The van der Waals surface area contributed by atoms with Gasteiger partial charge in [0.2, 0.25) is 0 Å². The highest BCUT2D eigenvalue weighted by molar-refractivity contribution is 5.93. The third-order valence-electron chi connectivity index (χ3n) is 3.61. The number of aromatic nitrogens is 1. The van der Waals surface area contributed by atoms with Crippen molar-refractivity contribution in [2.45, 2.75) is 13.8 Å². The second kappa shape index (κ2) is 6.48. The molecule has 2 aromatic carbocycles. The number of hydrogen-bond donors (Lipinski definition) is 1. The van der Waals surface area contributed by atoms with Crippen molar-refractivity contribution in [1.82, 2.24) is 4.98 Å². The SMILES string of the molecule is Cc1ccc(NC(=O)COc2cccc3cccnc23)c(C)c1. The molecular formula is C19H18N2O2. The molecule has 0 unspecified atom stereocenters. The summed E-state index contributed by atoms with van der Waals surface area (Å²) in [4.78, 5) is 16.4. The lowest BCUT2D eigenvalue weighted by Crippen LogP contribution is -2.20. The number of benzene rings is 2. The minimum Gasteiger partial charge on any atom is -0.481 e. The fourth-order valence-electron chi connectivity index (χ4n) is 2.48. The molecule has 4 nitrogen and oxygen atoms in total. The van der Waals surface area contributed by atoms with Crippen LogP contribution in [0.15, 0.2) is 54.7 Å². The van der Waals surface area contributed by atoms with E-state index in [4.69, 9.17) is 4.74 Å². The first-order valence-electron chi connectivity index (χ1n) is 7.47. The largest absolute Gasteiger partial charge is 0.481 e. The van der Waals surface area contributed by atoms with Crippen molar-refractivity contribution in [2.75, 3.05) is 11.9 Å². The van der Waals surface area contributed by atoms with Crippen LogP contribution in [0, 0.1) is 13.8 Å². The van der Waals surface area contributed by atoms with Gasteiger partial charge in [0, 0.05) is 17.3 Å². The average molecular weight is 306 g/mol. The Kier molecular flexibility index (Phi) is 4.24. The number of carbonyl (C=O) groups excluding carboxylic acids is 1. The van der Waals surface area contributed by atoms with E-state index in [1.165, 1.54) is 5.56 Å². The Balaban J connectivity index is 1.69. The van der Waals surface area contributed by atoms with Gasteiger partial charge in [0.05, 0.1) is 0 Å². The highest BCUT2D eigenvalue weighted by atomic mass is 16.5. The Morgan fingerprint density at radius 2 is 1.96 bits per heavy atom. The summed E-state index contributed by atoms with van der Waals surface area (Å²) in [6, 6.07) is 15.4. The summed E-state index contributed by atoms with van der Waals surface area (Å²) in [6.07, 6.45) is 1.71. The lowest BCUT2D eigenvalue weighted by Gasteiger charge is -2.11. The molecule has 0 fully saturated rings. The van der Waals surface area contributed by atoms with Crippen molar-refractivity contribution in [3.8, 4) is 5.75 Å². The number of pyridine rings is 1. The molecule has 0 aliphatic carbocycles. The smallest absolute Gasteiger partial charge is 0.262 e. The summed E-state index contributed by atoms with van der Waals surface area (Å²) in [5, 5.41) is 3.86. The van der Waals surface area contributed by atoms with E-state index in [-0.39, 0.29) is 12.5 Å². The fourth-order valence-corrected chi connectivity index (χ4v) is 2.48. The van der Waals surface area contributed by atoms with E-state index in [2.05, 4.69) is 10.3 Å². The third kappa shape index (κ3) is 3.48. The Morgan fingerprint density at radius 3 is 2.78 bits per heavy atom. The molecule has 23 heavy (non-hydrogen) atoms. The van der Waals surface area contributed by atoms with Crippen LogP contribution < -0.4 is 10.1 Å². The summed E-state index contributed by atoms with van der Waals surface area (Å²) < 4.78 is 5.64. The number of hydrogen-bond acceptors (Lipinski definition) is 3. The Labute approximate surface area is 135 Å². The van der Waals surface area contributed by atoms with Crippen molar-refractivity contribution in [2.24, 2.45) is 0 Å². The minimum atomic E-state index is -0.190. The number of fused-ring (bicyclic) bond motifs is 1. The molecule has 0 saturated carbocycles. The standard InChI is InChI=1S/C19H18N2O2/c1-13-8-9-16(14(2)11-13)21-18(22)12-23-17-7-3-5-15-6-4-10-20-19(15)17/h3-11H,12H2,1-2H3,(H,21,22). The summed E-state index contributed by atoms with van der Waals surface area (Å²) in [7, 11) is 0. The first-order valence-corrected chi connectivity index (χ1v) is 7.47. The maximum absolute atomic E-state index is 12.1. The topological polar surface area (TPSA) is 51.2 Å². The number of nitrogens with one attached hydrogen (secondary N) is 1. The molecule has 0 spiro atoms. The third-order valence-corrected chi connectivity index (χ3v) is 3.61. The molecule has 1 aromatic heterocycles. The second-order valence-electron chi connectivity index (χ2n) is 5.49. The predicted octanol–water partition coefficient (Wildman–Crippen LogP) is 3.87. The first kappa shape index (κ1) is 15.0. The van der Waals surface area contributed by atoms with Crippen LogP contribution in [-0.4, -0.2) is 17.5 Å². The molecule has 3 rings (SSSR count). The van der Waals surface area contributed by atoms with Crippen molar-refractivity contribution in [1.29, 1.82) is 0 Å². The minimum absolute atomic E-state index is 0.0526. The molecule has 4 heteroatoms. The number of nitrogens with zero attached hydrogens (tertiary/aromatic N) is 1. The molecular weight excluding hydrogens is 288 g/mol. The molecule has 1 heterocycles. The van der Waals surface area contributed by atoms with Crippen molar-refractivity contribution in [3.05, 3.63) is 65.9 Å². The van der Waals surface area contributed by atoms with Crippen LogP contribution in [0.25, 0.3) is 10.9 Å². The van der Waals surface area contributed by atoms with E-state index < -0.39 is 0 Å². The molecule has 1 N–H and O–H groups in total. The monoisotopic (exact) mass is 306 g/mol. The molecule has 0 aliphatic rings. The quantitative estimate of drug-likeness (QED) is 0.796. The number of anilines is 1. The number of amides is 1. The van der Waals surface area contributed by atoms with Crippen LogP contribution in [-0.2, 0) is 4.79 Å². The first-order chi connectivity index (χ1) is 11.1. The van der Waals surface area contributed by atoms with Gasteiger partial charge in [-0.3, -0.25) is 9.78 Å². The van der Waals surface area contributed by atoms with Crippen LogP contribution in [0.2, 0.25) is 0 Å². The van der Waals surface area contributed by atoms with Gasteiger partial charge < -0.3 is 10.1 Å². The molecule has 0 aliphatic heterocycles. The highest BCUT2D eigenvalue weighted by Gasteiger charge is 2.08. The van der Waals surface area contributed by atoms with Crippen LogP contribution in [0.1, 0.15) is 11.1 Å². The van der Waals surface area contributed by atoms with Crippen LogP contribution in [0.4, 0.5) is 5.69 Å². The van der Waals surface area contributed by atoms with Gasteiger partial charge >= 0.3 is 0 Å². The van der Waals surface area contributed by atoms with E-state index in [1.807, 2.05) is 62.4 Å². The maximum Gasteiger partial charge on any atom is 0.262 e. The summed E-state index contributed by atoms with van der Waals surface area (Å²) in [5.74, 6) is 0.420. The molecule has 0 atom stereocenters. The van der Waals surface area contributed by atoms with Gasteiger partial charge in [0.25, 0.3) is 5.91 Å². The molecule has 0 bridgehead atoms. The number of ether oxygens (including phenoxy) is 1. The molecule has 116 valence electrons. The van der Waals surface area contributed by atoms with Gasteiger partial charge in [-0.2, -0.15) is 0 Å². The lowest BCUT2D eigenvalue weighted by atomic mass is 10.1. The molecule has 0 saturated heterocycles. The highest BCUT2D eigenvalue weighted by Crippen LogP contribution is 2.23. The second-order valence-corrected chi connectivity index (χ2v) is 5.49. The molecule has 1 amide bonds. The number of carbonyl (C=O) groups is 1. The Morgan fingerprint density at radius 1 is 1.13 bits per heavy atom. The zero-order valence-electron chi connectivity index (χ0n) is 13.2. The summed E-state index contributed by atoms with van der Waals surface area (Å²) >= 11 is 0. The van der Waals surface area contributed by atoms with Gasteiger partial charge in [-0.1, -0.05) is 35.9 Å². The van der Waals surface area contributed by atoms with Crippen molar-refractivity contribution >= 4 is 22.5 Å². The molecule has 3 aromatic rings. The van der Waals surface area contributed by atoms with E-state index >= 15 is 0 Å². The van der Waals surface area contributed by atoms with Crippen molar-refractivity contribution in [3.63, 3.8) is 0 Å². The average Bonchev–Trinajstić information content (AvgIpc) is 2.55. The normalized spacial score (nSPS) is 10.5. The predicted molar refractivity (Wildman–Crippen MR) is 91.8 cm³/mol. The van der Waals surface area contributed by atoms with Gasteiger partial charge in [-0.05, 0) is 37.6 Å². The zero-order valence-corrected chi connectivity index (χ0v) is 13.2. The van der Waals surface area contributed by atoms with Crippen LogP contribution >= 0.6 is 0 Å². The van der Waals surface area contributed by atoms with E-state index in [9.17, 15) is 4.79 Å². The number of para-hydroxylation sites is 1. The van der Waals surface area contributed by atoms with Gasteiger partial charge in [0.15, 0.2) is 6.61 Å². The van der Waals surface area contributed by atoms with E-state index in [0.29, 0.717) is 5.75 Å². The van der Waals surface area contributed by atoms with Crippen LogP contribution in [0.5, 0.6) is 5.75 Å². The van der Waals surface area contributed by atoms with Gasteiger partial charge in [-0.25, -0.2) is 0 Å². The van der Waals surface area contributed by atoms with E-state index in [1.54, 1.807) is 6.20 Å². The maximum atomic E-state index is 12.1. The van der Waals surface area contributed by atoms with Gasteiger partial charge in [-0.15, -0.1) is 0 Å². The van der Waals surface area contributed by atoms with Crippen LogP contribution in [0.3, 0.4) is 0 Å². The fraction of sp³-hybridized carbons (Fsp3) is 0.158. The molecule has 0 radical (unpaired) electrons. The van der Waals surface area contributed by atoms with Crippen molar-refractivity contribution < 1.29 is 9.53 Å². The lowest BCUT2D eigenvalue weighted by molar-refractivity contribution is -0.118. The van der Waals surface area contributed by atoms with E-state index in [0.717, 1.165) is 22.2 Å². The number of aryl methyl sites for hydroxylation is 2.